The van der Waals surface area contributed by atoms with E-state index in [9.17, 15) is 0 Å². The molecule has 0 spiro atoms. The number of nitrogens with one attached hydrogen (secondary N) is 1. The lowest BCUT2D eigenvalue weighted by molar-refractivity contribution is 0.653. The van der Waals surface area contributed by atoms with Gasteiger partial charge in [0.1, 0.15) is 11.6 Å². The third-order valence-electron chi connectivity index (χ3n) is 13.9. The summed E-state index contributed by atoms with van der Waals surface area (Å²) in [5.74, 6) is 3.08. The molecular weight excluding hydrogens is 807 g/mol. The molecule has 5 heterocycles. The van der Waals surface area contributed by atoms with Gasteiger partial charge in [-0.2, -0.15) is 0 Å². The summed E-state index contributed by atoms with van der Waals surface area (Å²) in [6.45, 7) is 0. The van der Waals surface area contributed by atoms with Gasteiger partial charge in [-0.1, -0.05) is 158 Å². The van der Waals surface area contributed by atoms with Crippen LogP contribution in [0.15, 0.2) is 211 Å². The second-order valence-electron chi connectivity index (χ2n) is 17.6. The Hall–Kier alpha value is -8.55. The maximum Gasteiger partial charge on any atom is 0.197 e. The Kier molecular flexibility index (Phi) is 8.10. The van der Waals surface area contributed by atoms with Gasteiger partial charge in [0, 0.05) is 50.2 Å². The molecule has 0 saturated carbocycles. The van der Waals surface area contributed by atoms with Gasteiger partial charge >= 0.3 is 0 Å². The average molecular weight is 848 g/mol. The van der Waals surface area contributed by atoms with Gasteiger partial charge in [0.05, 0.1) is 33.1 Å². The third-order valence-corrected chi connectivity index (χ3v) is 13.9. The van der Waals surface area contributed by atoms with E-state index in [2.05, 4.69) is 225 Å². The van der Waals surface area contributed by atoms with Crippen LogP contribution in [0.2, 0.25) is 0 Å². The minimum absolute atomic E-state index is 0.213. The zero-order chi connectivity index (χ0) is 43.3. The van der Waals surface area contributed by atoms with Crippen LogP contribution in [0.3, 0.4) is 0 Å². The van der Waals surface area contributed by atoms with Crippen LogP contribution < -0.4 is 5.32 Å². The smallest absolute Gasteiger partial charge is 0.197 e. The number of amidine groups is 1. The maximum atomic E-state index is 5.66. The second kappa shape index (κ2) is 14.5. The molecule has 4 aromatic heterocycles. The lowest BCUT2D eigenvalue weighted by Crippen LogP contribution is -2.33. The molecule has 8 aromatic carbocycles. The van der Waals surface area contributed by atoms with Crippen LogP contribution in [0.25, 0.3) is 88.2 Å². The molecule has 2 unspecified atom stereocenters. The number of aromatic nitrogens is 5. The average Bonchev–Trinajstić information content (AvgIpc) is 4.02. The number of nitrogens with zero attached hydrogens (tertiary/aromatic N) is 6. The van der Waals surface area contributed by atoms with Crippen LogP contribution in [-0.2, 0) is 12.8 Å². The van der Waals surface area contributed by atoms with Crippen LogP contribution >= 0.6 is 0 Å². The molecule has 312 valence electrons. The largest absolute Gasteiger partial charge is 0.323 e. The second-order valence-corrected chi connectivity index (χ2v) is 17.6. The first kappa shape index (κ1) is 36.9. The molecule has 12 aromatic rings. The van der Waals surface area contributed by atoms with E-state index >= 15 is 0 Å². The number of benzene rings is 8. The fourth-order valence-corrected chi connectivity index (χ4v) is 11.1. The normalized spacial score (nSPS) is 15.9. The van der Waals surface area contributed by atoms with E-state index in [-0.39, 0.29) is 5.92 Å². The van der Waals surface area contributed by atoms with Crippen molar-refractivity contribution in [3.05, 3.63) is 229 Å². The predicted octanol–water partition coefficient (Wildman–Crippen LogP) is 13.4. The first-order valence-corrected chi connectivity index (χ1v) is 22.8. The molecule has 2 aliphatic rings. The summed E-state index contributed by atoms with van der Waals surface area (Å²) < 4.78 is 7.02. The lowest BCUT2D eigenvalue weighted by Gasteiger charge is -2.28. The molecule has 0 bridgehead atoms. The van der Waals surface area contributed by atoms with Crippen LogP contribution in [0, 0.1) is 0 Å². The van der Waals surface area contributed by atoms with Gasteiger partial charge in [0.15, 0.2) is 17.8 Å². The Bertz CT molecular complexity index is 3850. The summed E-state index contributed by atoms with van der Waals surface area (Å²) in [7, 11) is 0. The summed E-state index contributed by atoms with van der Waals surface area (Å²) in [5, 5.41) is 11.0. The molecule has 7 nitrogen and oxygen atoms in total. The van der Waals surface area contributed by atoms with Gasteiger partial charge < -0.3 is 9.88 Å². The van der Waals surface area contributed by atoms with E-state index < -0.39 is 6.17 Å². The highest BCUT2D eigenvalue weighted by atomic mass is 15.3. The van der Waals surface area contributed by atoms with E-state index in [1.807, 2.05) is 0 Å². The predicted molar refractivity (Wildman–Crippen MR) is 270 cm³/mol. The number of para-hydroxylation sites is 6. The number of hydrogen-bond acceptors (Lipinski definition) is 4. The van der Waals surface area contributed by atoms with Crippen LogP contribution in [0.5, 0.6) is 0 Å². The van der Waals surface area contributed by atoms with Crippen molar-refractivity contribution in [2.45, 2.75) is 24.9 Å². The summed E-state index contributed by atoms with van der Waals surface area (Å²) in [6, 6.07) is 71.9. The van der Waals surface area contributed by atoms with E-state index in [4.69, 9.17) is 15.0 Å². The zero-order valence-corrected chi connectivity index (χ0v) is 35.9. The topological polar surface area (TPSA) is 65.0 Å². The summed E-state index contributed by atoms with van der Waals surface area (Å²) >= 11 is 0. The number of rotatable bonds is 6. The SMILES string of the molecule is C1=C(n2c3ccccc3c3ccccc32)NC(c2nc(CC3Cc4ccccc4-c4ccccc43)cc(-n3c4ccccc4c4ccccc43)n2)=NC1n1c2ccccc2c2ccccc21. The van der Waals surface area contributed by atoms with E-state index in [1.165, 1.54) is 54.6 Å². The van der Waals surface area contributed by atoms with Gasteiger partial charge in [-0.25, -0.2) is 15.0 Å². The quantitative estimate of drug-likeness (QED) is 0.181. The minimum atomic E-state index is -0.438. The van der Waals surface area contributed by atoms with Crippen molar-refractivity contribution in [3.8, 4) is 16.9 Å². The van der Waals surface area contributed by atoms with E-state index in [0.29, 0.717) is 11.7 Å². The van der Waals surface area contributed by atoms with Gasteiger partial charge in [-0.05, 0) is 77.4 Å². The van der Waals surface area contributed by atoms with E-state index in [1.54, 1.807) is 0 Å². The molecule has 2 atom stereocenters. The van der Waals surface area contributed by atoms with Crippen LogP contribution in [0.1, 0.15) is 34.7 Å². The van der Waals surface area contributed by atoms with Crippen molar-refractivity contribution in [1.82, 2.24) is 29.0 Å². The zero-order valence-electron chi connectivity index (χ0n) is 35.9. The van der Waals surface area contributed by atoms with Crippen LogP contribution in [-0.4, -0.2) is 29.5 Å². The molecule has 14 rings (SSSR count). The molecule has 0 fully saturated rings. The standard InChI is InChI=1S/C59H41N7/c1-2-18-40-37(17-1)33-38(41-19-3-4-20-42(40)41)34-39-35-55(64-49-27-11-5-21-43(49)44-22-6-12-28-50(44)64)61-58(60-39)59-62-56(65-51-29-13-7-23-45(51)46-24-8-14-30-52(46)65)36-57(63-59)66-53-31-15-9-25-47(53)48-26-10-16-32-54(48)66/h1-32,35-36,38,56H,33-34H2,(H,62,63). The van der Waals surface area contributed by atoms with Crippen LogP contribution in [0.4, 0.5) is 0 Å². The molecule has 0 radical (unpaired) electrons. The highest BCUT2D eigenvalue weighted by molar-refractivity contribution is 6.13. The molecule has 1 N–H and O–H groups in total. The minimum Gasteiger partial charge on any atom is -0.323 e. The molecule has 7 heteroatoms. The molecular formula is C59H41N7. The fraction of sp³-hybridized carbons (Fsp3) is 0.0678. The Labute approximate surface area is 380 Å². The van der Waals surface area contributed by atoms with Gasteiger partial charge in [0.2, 0.25) is 0 Å². The van der Waals surface area contributed by atoms with Crippen molar-refractivity contribution < 1.29 is 0 Å². The first-order valence-electron chi connectivity index (χ1n) is 22.8. The third kappa shape index (κ3) is 5.59. The highest BCUT2D eigenvalue weighted by Crippen LogP contribution is 2.42. The first-order chi connectivity index (χ1) is 32.7. The Morgan fingerprint density at radius 2 is 0.939 bits per heavy atom. The fourth-order valence-electron chi connectivity index (χ4n) is 11.1. The Morgan fingerprint density at radius 1 is 0.470 bits per heavy atom. The van der Waals surface area contributed by atoms with Gasteiger partial charge in [-0.15, -0.1) is 0 Å². The lowest BCUT2D eigenvalue weighted by atomic mass is 9.77. The van der Waals surface area contributed by atoms with E-state index in [0.717, 1.165) is 63.3 Å². The van der Waals surface area contributed by atoms with Crippen molar-refractivity contribution in [2.75, 3.05) is 0 Å². The number of aliphatic imine (C=N–C) groups is 1. The molecule has 1 aliphatic heterocycles. The molecule has 66 heavy (non-hydrogen) atoms. The monoisotopic (exact) mass is 847 g/mol. The maximum absolute atomic E-state index is 5.66. The Balaban J connectivity index is 1.01. The van der Waals surface area contributed by atoms with Gasteiger partial charge in [-0.3, -0.25) is 9.13 Å². The van der Waals surface area contributed by atoms with Crippen molar-refractivity contribution in [2.24, 2.45) is 4.99 Å². The number of fused-ring (bicyclic) bond motifs is 12. The summed E-state index contributed by atoms with van der Waals surface area (Å²) in [4.78, 5) is 16.8. The molecule has 0 amide bonds. The summed E-state index contributed by atoms with van der Waals surface area (Å²) in [6.07, 6.45) is 3.47. The highest BCUT2D eigenvalue weighted by Gasteiger charge is 2.29. The van der Waals surface area contributed by atoms with Gasteiger partial charge in [0.25, 0.3) is 0 Å². The Morgan fingerprint density at radius 3 is 1.53 bits per heavy atom. The van der Waals surface area contributed by atoms with Crippen molar-refractivity contribution in [3.63, 3.8) is 0 Å². The molecule has 0 saturated heterocycles. The van der Waals surface area contributed by atoms with Crippen molar-refractivity contribution in [1.29, 1.82) is 0 Å². The summed E-state index contributed by atoms with van der Waals surface area (Å²) in [5.41, 5.74) is 12.9. The molecule has 1 aliphatic carbocycles. The number of hydrogen-bond donors (Lipinski definition) is 1. The van der Waals surface area contributed by atoms with Crippen molar-refractivity contribution >= 4 is 77.1 Å².